The minimum atomic E-state index is 0.116. The highest BCUT2D eigenvalue weighted by Crippen LogP contribution is 2.10. The number of nitrogen functional groups attached to an aromatic ring is 1. The molecule has 0 saturated carbocycles. The van der Waals surface area contributed by atoms with Gasteiger partial charge in [0, 0.05) is 25.0 Å². The fraction of sp³-hybridized carbons (Fsp3) is 0.500. The summed E-state index contributed by atoms with van der Waals surface area (Å²) in [5, 5.41) is 3.17. The maximum absolute atomic E-state index is 5.65. The highest BCUT2D eigenvalue weighted by molar-refractivity contribution is 5.33. The van der Waals surface area contributed by atoms with Gasteiger partial charge in [-0.05, 0) is 13.3 Å². The summed E-state index contributed by atoms with van der Waals surface area (Å²) in [5.41, 5.74) is 5.65. The summed E-state index contributed by atoms with van der Waals surface area (Å²) < 4.78 is 7.34. The van der Waals surface area contributed by atoms with Gasteiger partial charge in [0.25, 0.3) is 0 Å². The second-order valence-corrected chi connectivity index (χ2v) is 4.45. The van der Waals surface area contributed by atoms with Crippen molar-refractivity contribution in [3.63, 3.8) is 0 Å². The van der Waals surface area contributed by atoms with E-state index in [1.54, 1.807) is 12.5 Å². The van der Waals surface area contributed by atoms with Crippen LogP contribution in [0.15, 0.2) is 18.7 Å². The van der Waals surface area contributed by atoms with Crippen LogP contribution in [0.4, 0.5) is 11.9 Å². The van der Waals surface area contributed by atoms with Gasteiger partial charge in [-0.3, -0.25) is 0 Å². The van der Waals surface area contributed by atoms with Crippen LogP contribution < -0.4 is 15.8 Å². The Kier molecular flexibility index (Phi) is 4.70. The van der Waals surface area contributed by atoms with Crippen LogP contribution in [0.3, 0.4) is 0 Å². The zero-order valence-corrected chi connectivity index (χ0v) is 11.7. The molecule has 108 valence electrons. The van der Waals surface area contributed by atoms with E-state index in [1.165, 1.54) is 0 Å². The van der Waals surface area contributed by atoms with Gasteiger partial charge in [-0.15, -0.1) is 0 Å². The van der Waals surface area contributed by atoms with Gasteiger partial charge in [0.05, 0.1) is 12.9 Å². The second-order valence-electron chi connectivity index (χ2n) is 4.45. The zero-order chi connectivity index (χ0) is 14.4. The summed E-state index contributed by atoms with van der Waals surface area (Å²) in [6.45, 7) is 5.33. The Hall–Kier alpha value is -2.38. The molecule has 3 N–H and O–H groups in total. The van der Waals surface area contributed by atoms with Crippen molar-refractivity contribution in [1.29, 1.82) is 0 Å². The quantitative estimate of drug-likeness (QED) is 0.776. The Morgan fingerprint density at radius 1 is 1.40 bits per heavy atom. The Bertz CT molecular complexity index is 529. The Morgan fingerprint density at radius 2 is 2.25 bits per heavy atom. The molecule has 1 atom stereocenters. The average Bonchev–Trinajstić information content (AvgIpc) is 2.88. The van der Waals surface area contributed by atoms with Gasteiger partial charge < -0.3 is 20.4 Å². The third-order valence-corrected chi connectivity index (χ3v) is 2.49. The van der Waals surface area contributed by atoms with Crippen LogP contribution in [0.5, 0.6) is 6.01 Å². The van der Waals surface area contributed by atoms with Crippen LogP contribution >= 0.6 is 0 Å². The number of rotatable bonds is 7. The van der Waals surface area contributed by atoms with Crippen molar-refractivity contribution in [3.8, 4) is 6.01 Å². The van der Waals surface area contributed by atoms with Crippen molar-refractivity contribution in [2.45, 2.75) is 32.9 Å². The fourth-order valence-corrected chi connectivity index (χ4v) is 1.67. The third-order valence-electron chi connectivity index (χ3n) is 2.49. The lowest BCUT2D eigenvalue weighted by molar-refractivity contribution is 0.292. The average molecular weight is 277 g/mol. The van der Waals surface area contributed by atoms with Crippen molar-refractivity contribution in [1.82, 2.24) is 24.5 Å². The summed E-state index contributed by atoms with van der Waals surface area (Å²) in [6.07, 6.45) is 6.28. The van der Waals surface area contributed by atoms with E-state index in [0.29, 0.717) is 12.6 Å². The maximum Gasteiger partial charge on any atom is 0.323 e. The number of nitrogens with one attached hydrogen (secondary N) is 1. The van der Waals surface area contributed by atoms with E-state index in [1.807, 2.05) is 24.6 Å². The number of hydrogen-bond acceptors (Lipinski definition) is 7. The zero-order valence-electron chi connectivity index (χ0n) is 11.7. The monoisotopic (exact) mass is 277 g/mol. The number of imidazole rings is 1. The Balaban J connectivity index is 1.98. The highest BCUT2D eigenvalue weighted by Gasteiger charge is 2.09. The number of anilines is 2. The van der Waals surface area contributed by atoms with Gasteiger partial charge >= 0.3 is 6.01 Å². The van der Waals surface area contributed by atoms with Gasteiger partial charge in [0.15, 0.2) is 0 Å². The first-order valence-corrected chi connectivity index (χ1v) is 6.54. The molecule has 8 heteroatoms. The van der Waals surface area contributed by atoms with Crippen molar-refractivity contribution in [2.24, 2.45) is 0 Å². The van der Waals surface area contributed by atoms with Crippen LogP contribution in [0.1, 0.15) is 20.3 Å². The lowest BCUT2D eigenvalue weighted by Gasteiger charge is -2.14. The Morgan fingerprint density at radius 3 is 2.95 bits per heavy atom. The van der Waals surface area contributed by atoms with Gasteiger partial charge in [0.2, 0.25) is 11.9 Å². The first kappa shape index (κ1) is 14.0. The number of nitrogens with zero attached hydrogens (tertiary/aromatic N) is 5. The summed E-state index contributed by atoms with van der Waals surface area (Å²) >= 11 is 0. The third kappa shape index (κ3) is 4.08. The number of aromatic nitrogens is 5. The standard InChI is InChI=1S/C12H19N7O/c1-3-6-20-12-17-10(13)16-11(18-12)15-9(2)7-19-5-4-14-8-19/h4-5,8-9H,3,6-7H2,1-2H3,(H3,13,15,16,17,18). The molecule has 0 radical (unpaired) electrons. The van der Waals surface area contributed by atoms with Crippen LogP contribution in [-0.4, -0.2) is 37.2 Å². The molecule has 2 heterocycles. The van der Waals surface area contributed by atoms with Gasteiger partial charge in [-0.25, -0.2) is 4.98 Å². The normalized spacial score (nSPS) is 12.1. The molecule has 20 heavy (non-hydrogen) atoms. The minimum Gasteiger partial charge on any atom is -0.463 e. The second kappa shape index (κ2) is 6.69. The molecule has 2 aromatic heterocycles. The highest BCUT2D eigenvalue weighted by atomic mass is 16.5. The molecule has 1 unspecified atom stereocenters. The molecule has 0 aliphatic rings. The molecule has 0 fully saturated rings. The molecule has 0 aliphatic carbocycles. The van der Waals surface area contributed by atoms with Crippen molar-refractivity contribution < 1.29 is 4.74 Å². The van der Waals surface area contributed by atoms with E-state index in [4.69, 9.17) is 10.5 Å². The largest absolute Gasteiger partial charge is 0.463 e. The van der Waals surface area contributed by atoms with E-state index >= 15 is 0 Å². The fourth-order valence-electron chi connectivity index (χ4n) is 1.67. The van der Waals surface area contributed by atoms with E-state index in [-0.39, 0.29) is 18.0 Å². The molecular weight excluding hydrogens is 258 g/mol. The van der Waals surface area contributed by atoms with Crippen LogP contribution in [0.25, 0.3) is 0 Å². The van der Waals surface area contributed by atoms with Crippen LogP contribution in [0, 0.1) is 0 Å². The number of nitrogens with two attached hydrogens (primary N) is 1. The van der Waals surface area contributed by atoms with E-state index in [9.17, 15) is 0 Å². The van der Waals surface area contributed by atoms with E-state index in [0.717, 1.165) is 13.0 Å². The molecule has 0 bridgehead atoms. The summed E-state index contributed by atoms with van der Waals surface area (Å²) in [5.74, 6) is 0.555. The number of ether oxygens (including phenoxy) is 1. The SMILES string of the molecule is CCCOc1nc(N)nc(NC(C)Cn2ccnc2)n1. The summed E-state index contributed by atoms with van der Waals surface area (Å²) in [7, 11) is 0. The summed E-state index contributed by atoms with van der Waals surface area (Å²) in [6, 6.07) is 0.363. The first-order chi connectivity index (χ1) is 9.67. The maximum atomic E-state index is 5.65. The molecule has 0 amide bonds. The van der Waals surface area contributed by atoms with Gasteiger partial charge in [-0.2, -0.15) is 15.0 Å². The predicted molar refractivity (Wildman–Crippen MR) is 75.3 cm³/mol. The van der Waals surface area contributed by atoms with Gasteiger partial charge in [-0.1, -0.05) is 6.92 Å². The molecular formula is C12H19N7O. The summed E-state index contributed by atoms with van der Waals surface area (Å²) in [4.78, 5) is 16.2. The van der Waals surface area contributed by atoms with Crippen molar-refractivity contribution in [2.75, 3.05) is 17.7 Å². The molecule has 0 spiro atoms. The van der Waals surface area contributed by atoms with E-state index < -0.39 is 0 Å². The lowest BCUT2D eigenvalue weighted by Crippen LogP contribution is -2.23. The number of hydrogen-bond donors (Lipinski definition) is 2. The molecule has 2 rings (SSSR count). The molecule has 0 aromatic carbocycles. The predicted octanol–water partition coefficient (Wildman–Crippen LogP) is 0.940. The van der Waals surface area contributed by atoms with Crippen molar-refractivity contribution in [3.05, 3.63) is 18.7 Å². The topological polar surface area (TPSA) is 104 Å². The van der Waals surface area contributed by atoms with Gasteiger partial charge in [0.1, 0.15) is 0 Å². The lowest BCUT2D eigenvalue weighted by atomic mass is 10.3. The van der Waals surface area contributed by atoms with Crippen molar-refractivity contribution >= 4 is 11.9 Å². The van der Waals surface area contributed by atoms with E-state index in [2.05, 4.69) is 25.3 Å². The van der Waals surface area contributed by atoms with Crippen LogP contribution in [0.2, 0.25) is 0 Å². The minimum absolute atomic E-state index is 0.116. The first-order valence-electron chi connectivity index (χ1n) is 6.54. The molecule has 0 saturated heterocycles. The van der Waals surface area contributed by atoms with Crippen LogP contribution in [-0.2, 0) is 6.54 Å². The Labute approximate surface area is 117 Å². The molecule has 0 aliphatic heterocycles. The smallest absolute Gasteiger partial charge is 0.323 e. The molecule has 8 nitrogen and oxygen atoms in total. The molecule has 2 aromatic rings.